The van der Waals surface area contributed by atoms with Crippen molar-refractivity contribution in [3.8, 4) is 5.75 Å². The van der Waals surface area contributed by atoms with Gasteiger partial charge in [-0.2, -0.15) is 0 Å². The number of fused-ring (bicyclic) bond motifs is 1. The van der Waals surface area contributed by atoms with E-state index in [1.807, 2.05) is 6.07 Å². The molecule has 3 aromatic rings. The maximum absolute atomic E-state index is 13.5. The van der Waals surface area contributed by atoms with Gasteiger partial charge in [0, 0.05) is 17.1 Å². The van der Waals surface area contributed by atoms with Crippen LogP contribution in [0.4, 0.5) is 15.9 Å². The summed E-state index contributed by atoms with van der Waals surface area (Å²) in [7, 11) is 0. The lowest BCUT2D eigenvalue weighted by atomic mass is 10.1. The Bertz CT molecular complexity index is 1040. The Hall–Kier alpha value is -2.44. The molecule has 164 valence electrons. The fourth-order valence-electron chi connectivity index (χ4n) is 3.98. The first-order chi connectivity index (χ1) is 15.1. The summed E-state index contributed by atoms with van der Waals surface area (Å²) in [6, 6.07) is 8.57. The average Bonchev–Trinajstić information content (AvgIpc) is 3.29. The molecule has 2 aromatic carbocycles. The molecule has 1 N–H and O–H groups in total. The third-order valence-corrected chi connectivity index (χ3v) is 6.00. The Morgan fingerprint density at radius 3 is 2.74 bits per heavy atom. The molecule has 0 spiro atoms. The maximum Gasteiger partial charge on any atom is 0.141 e. The van der Waals surface area contributed by atoms with E-state index in [1.54, 1.807) is 12.1 Å². The van der Waals surface area contributed by atoms with Crippen molar-refractivity contribution in [2.24, 2.45) is 0 Å². The molecule has 1 aliphatic heterocycles. The molecule has 1 saturated heterocycles. The minimum absolute atomic E-state index is 0.0676. The first kappa shape index (κ1) is 21.8. The molecular weight excluding hydrogens is 415 g/mol. The number of aryl methyl sites for hydroxylation is 1. The lowest BCUT2D eigenvalue weighted by Gasteiger charge is -2.16. The smallest absolute Gasteiger partial charge is 0.141 e. The number of aromatic nitrogens is 2. The van der Waals surface area contributed by atoms with Crippen LogP contribution in [0.5, 0.6) is 5.75 Å². The van der Waals surface area contributed by atoms with Crippen LogP contribution in [-0.4, -0.2) is 41.1 Å². The molecule has 7 heteroatoms. The summed E-state index contributed by atoms with van der Waals surface area (Å²) in [5.41, 5.74) is 2.58. The molecule has 31 heavy (non-hydrogen) atoms. The summed E-state index contributed by atoms with van der Waals surface area (Å²) < 4.78 is 19.6. The van der Waals surface area contributed by atoms with Gasteiger partial charge in [0.15, 0.2) is 0 Å². The predicted molar refractivity (Wildman–Crippen MR) is 124 cm³/mol. The number of anilines is 2. The Morgan fingerprint density at radius 1 is 1.13 bits per heavy atom. The number of likely N-dealkylation sites (tertiary alicyclic amines) is 1. The topological polar surface area (TPSA) is 50.3 Å². The number of rotatable bonds is 9. The molecule has 0 aliphatic carbocycles. The second-order valence-corrected chi connectivity index (χ2v) is 8.32. The second-order valence-electron chi connectivity index (χ2n) is 7.91. The van der Waals surface area contributed by atoms with Gasteiger partial charge in [-0.3, -0.25) is 0 Å². The van der Waals surface area contributed by atoms with Gasteiger partial charge in [-0.05, 0) is 81.6 Å². The highest BCUT2D eigenvalue weighted by atomic mass is 35.5. The highest BCUT2D eigenvalue weighted by Crippen LogP contribution is 2.31. The summed E-state index contributed by atoms with van der Waals surface area (Å²) >= 11 is 5.91. The van der Waals surface area contributed by atoms with Gasteiger partial charge in [0.25, 0.3) is 0 Å². The number of hydrogen-bond acceptors (Lipinski definition) is 5. The SMILES string of the molecule is CCc1cc2c(Nc3ccc(F)c(Cl)c3)ncnc2cc1OCCCCN1CCCC1. The number of halogens is 2. The lowest BCUT2D eigenvalue weighted by molar-refractivity contribution is 0.278. The zero-order valence-electron chi connectivity index (χ0n) is 17.8. The van der Waals surface area contributed by atoms with Crippen LogP contribution in [0, 0.1) is 5.82 Å². The summed E-state index contributed by atoms with van der Waals surface area (Å²) in [5.74, 6) is 1.08. The van der Waals surface area contributed by atoms with Crippen LogP contribution in [0.2, 0.25) is 5.02 Å². The van der Waals surface area contributed by atoms with E-state index in [9.17, 15) is 4.39 Å². The number of nitrogens with zero attached hydrogens (tertiary/aromatic N) is 3. The van der Waals surface area contributed by atoms with Crippen molar-refractivity contribution in [3.05, 3.63) is 53.1 Å². The van der Waals surface area contributed by atoms with E-state index in [0.717, 1.165) is 48.0 Å². The van der Waals surface area contributed by atoms with Crippen molar-refractivity contribution in [1.82, 2.24) is 14.9 Å². The van der Waals surface area contributed by atoms with Crippen LogP contribution < -0.4 is 10.1 Å². The Morgan fingerprint density at radius 2 is 1.97 bits per heavy atom. The minimum atomic E-state index is -0.449. The van der Waals surface area contributed by atoms with Crippen LogP contribution in [0.3, 0.4) is 0 Å². The standard InChI is InChI=1S/C24H28ClFN4O/c1-2-17-13-19-22(15-23(17)31-12-6-5-11-30-9-3-4-10-30)27-16-28-24(19)29-18-7-8-21(26)20(25)14-18/h7-8,13-16H,2-6,9-12H2,1H3,(H,27,28,29). The van der Waals surface area contributed by atoms with E-state index in [1.165, 1.54) is 38.3 Å². The third-order valence-electron chi connectivity index (χ3n) is 5.71. The molecule has 0 unspecified atom stereocenters. The molecule has 0 amide bonds. The molecule has 0 bridgehead atoms. The normalized spacial score (nSPS) is 14.3. The molecular formula is C24H28ClFN4O. The van der Waals surface area contributed by atoms with Crippen LogP contribution in [-0.2, 0) is 6.42 Å². The van der Waals surface area contributed by atoms with E-state index in [2.05, 4.69) is 33.2 Å². The molecule has 0 atom stereocenters. The van der Waals surface area contributed by atoms with Gasteiger partial charge in [-0.25, -0.2) is 14.4 Å². The van der Waals surface area contributed by atoms with Gasteiger partial charge >= 0.3 is 0 Å². The van der Waals surface area contributed by atoms with Crippen LogP contribution >= 0.6 is 11.6 Å². The van der Waals surface area contributed by atoms with Gasteiger partial charge in [-0.1, -0.05) is 18.5 Å². The minimum Gasteiger partial charge on any atom is -0.493 e. The van der Waals surface area contributed by atoms with Crippen molar-refractivity contribution in [2.75, 3.05) is 31.6 Å². The Labute approximate surface area is 187 Å². The summed E-state index contributed by atoms with van der Waals surface area (Å²) in [6.45, 7) is 6.46. The largest absolute Gasteiger partial charge is 0.493 e. The number of ether oxygens (including phenoxy) is 1. The average molecular weight is 443 g/mol. The Balaban J connectivity index is 1.46. The highest BCUT2D eigenvalue weighted by molar-refractivity contribution is 6.31. The third kappa shape index (κ3) is 5.43. The first-order valence-corrected chi connectivity index (χ1v) is 11.4. The lowest BCUT2D eigenvalue weighted by Crippen LogP contribution is -2.20. The molecule has 0 saturated carbocycles. The molecule has 4 rings (SSSR count). The first-order valence-electron chi connectivity index (χ1n) is 11.0. The molecule has 1 aromatic heterocycles. The van der Waals surface area contributed by atoms with Gasteiger partial charge in [0.1, 0.15) is 23.7 Å². The summed E-state index contributed by atoms with van der Waals surface area (Å²) in [5, 5.41) is 4.18. The predicted octanol–water partition coefficient (Wildman–Crippen LogP) is 5.98. The van der Waals surface area contributed by atoms with Gasteiger partial charge in [-0.15, -0.1) is 0 Å². The molecule has 2 heterocycles. The number of benzene rings is 2. The summed E-state index contributed by atoms with van der Waals surface area (Å²) in [6.07, 6.45) is 7.23. The quantitative estimate of drug-likeness (QED) is 0.413. The van der Waals surface area contributed by atoms with Crippen molar-refractivity contribution in [2.45, 2.75) is 39.0 Å². The van der Waals surface area contributed by atoms with E-state index in [0.29, 0.717) is 18.1 Å². The zero-order valence-corrected chi connectivity index (χ0v) is 18.6. The molecule has 5 nitrogen and oxygen atoms in total. The molecule has 1 fully saturated rings. The monoisotopic (exact) mass is 442 g/mol. The highest BCUT2D eigenvalue weighted by Gasteiger charge is 2.12. The number of nitrogens with one attached hydrogen (secondary N) is 1. The van der Waals surface area contributed by atoms with E-state index in [4.69, 9.17) is 16.3 Å². The van der Waals surface area contributed by atoms with Gasteiger partial charge < -0.3 is 15.0 Å². The molecule has 0 radical (unpaired) electrons. The van der Waals surface area contributed by atoms with E-state index < -0.39 is 5.82 Å². The van der Waals surface area contributed by atoms with Crippen LogP contribution in [0.25, 0.3) is 10.9 Å². The van der Waals surface area contributed by atoms with E-state index >= 15 is 0 Å². The fraction of sp³-hybridized carbons (Fsp3) is 0.417. The van der Waals surface area contributed by atoms with E-state index in [-0.39, 0.29) is 5.02 Å². The molecule has 1 aliphatic rings. The zero-order chi connectivity index (χ0) is 21.6. The van der Waals surface area contributed by atoms with Crippen molar-refractivity contribution < 1.29 is 9.13 Å². The van der Waals surface area contributed by atoms with Gasteiger partial charge in [0.05, 0.1) is 17.1 Å². The maximum atomic E-state index is 13.5. The van der Waals surface area contributed by atoms with Crippen molar-refractivity contribution in [1.29, 1.82) is 0 Å². The number of hydrogen-bond donors (Lipinski definition) is 1. The second kappa shape index (κ2) is 10.2. The van der Waals surface area contributed by atoms with Crippen LogP contribution in [0.15, 0.2) is 36.7 Å². The fourth-order valence-corrected chi connectivity index (χ4v) is 4.16. The van der Waals surface area contributed by atoms with Crippen molar-refractivity contribution in [3.63, 3.8) is 0 Å². The summed E-state index contributed by atoms with van der Waals surface area (Å²) in [4.78, 5) is 11.3. The van der Waals surface area contributed by atoms with Crippen LogP contribution in [0.1, 0.15) is 38.2 Å². The number of unbranched alkanes of at least 4 members (excludes halogenated alkanes) is 1. The van der Waals surface area contributed by atoms with Gasteiger partial charge in [0.2, 0.25) is 0 Å². The van der Waals surface area contributed by atoms with Crippen molar-refractivity contribution >= 4 is 34.0 Å². The Kier molecular flexibility index (Phi) is 7.20.